The number of rotatable bonds is 5. The summed E-state index contributed by atoms with van der Waals surface area (Å²) in [5, 5.41) is 2.82. The molecular weight excluding hydrogens is 276 g/mol. The van der Waals surface area contributed by atoms with Gasteiger partial charge in [0.05, 0.1) is 10.9 Å². The van der Waals surface area contributed by atoms with Crippen LogP contribution < -0.4 is 20.5 Å². The molecular formula is C14H18N2O3S. The highest BCUT2D eigenvalue weighted by molar-refractivity contribution is 7.80. The number of nitrogens with two attached hydrogens (primary N) is 1. The Kier molecular flexibility index (Phi) is 4.79. The maximum Gasteiger partial charge on any atom is 0.234 e. The van der Waals surface area contributed by atoms with E-state index in [9.17, 15) is 4.79 Å². The van der Waals surface area contributed by atoms with E-state index in [1.54, 1.807) is 18.2 Å². The average molecular weight is 294 g/mol. The number of fused-ring (bicyclic) bond motifs is 1. The van der Waals surface area contributed by atoms with Crippen LogP contribution in [-0.2, 0) is 4.79 Å². The number of hydrogen-bond donors (Lipinski definition) is 2. The molecule has 1 aliphatic rings. The fourth-order valence-electron chi connectivity index (χ4n) is 2.04. The lowest BCUT2D eigenvalue weighted by atomic mass is 10.0. The molecule has 0 bridgehead atoms. The Morgan fingerprint density at radius 3 is 2.75 bits per heavy atom. The number of anilines is 1. The zero-order valence-electron chi connectivity index (χ0n) is 11.3. The molecule has 5 nitrogen and oxygen atoms in total. The molecule has 0 aliphatic carbocycles. The van der Waals surface area contributed by atoms with E-state index in [0.717, 1.165) is 6.42 Å². The van der Waals surface area contributed by atoms with E-state index in [-0.39, 0.29) is 10.9 Å². The van der Waals surface area contributed by atoms with Gasteiger partial charge in [-0.15, -0.1) is 0 Å². The summed E-state index contributed by atoms with van der Waals surface area (Å²) in [6.45, 7) is 3.04. The quantitative estimate of drug-likeness (QED) is 0.814. The van der Waals surface area contributed by atoms with Crippen molar-refractivity contribution in [2.45, 2.75) is 19.8 Å². The molecule has 20 heavy (non-hydrogen) atoms. The molecule has 2 rings (SSSR count). The fourth-order valence-corrected chi connectivity index (χ4v) is 2.27. The standard InChI is InChI=1S/C14H18N2O3S/c1-2-3-10(13(15)20)14(17)16-9-4-5-11-12(8-9)19-7-6-18-11/h4-5,8,10H,2-3,6-7H2,1H3,(H2,15,20)(H,16,17). The zero-order chi connectivity index (χ0) is 14.5. The average Bonchev–Trinajstić information content (AvgIpc) is 2.44. The van der Waals surface area contributed by atoms with E-state index in [0.29, 0.717) is 36.8 Å². The minimum Gasteiger partial charge on any atom is -0.486 e. The molecule has 1 amide bonds. The van der Waals surface area contributed by atoms with Gasteiger partial charge in [-0.1, -0.05) is 25.6 Å². The van der Waals surface area contributed by atoms with Crippen molar-refractivity contribution in [1.29, 1.82) is 0 Å². The molecule has 1 unspecified atom stereocenters. The molecule has 1 heterocycles. The summed E-state index contributed by atoms with van der Waals surface area (Å²) in [6.07, 6.45) is 1.49. The van der Waals surface area contributed by atoms with Gasteiger partial charge < -0.3 is 20.5 Å². The third kappa shape index (κ3) is 3.39. The predicted molar refractivity (Wildman–Crippen MR) is 81.2 cm³/mol. The Morgan fingerprint density at radius 2 is 2.10 bits per heavy atom. The van der Waals surface area contributed by atoms with Gasteiger partial charge in [0.15, 0.2) is 11.5 Å². The van der Waals surface area contributed by atoms with Crippen LogP contribution >= 0.6 is 12.2 Å². The summed E-state index contributed by atoms with van der Waals surface area (Å²) in [4.78, 5) is 12.4. The highest BCUT2D eigenvalue weighted by Gasteiger charge is 2.21. The molecule has 3 N–H and O–H groups in total. The zero-order valence-corrected chi connectivity index (χ0v) is 12.2. The second-order valence-electron chi connectivity index (χ2n) is 4.59. The predicted octanol–water partition coefficient (Wildman–Crippen LogP) is 2.10. The van der Waals surface area contributed by atoms with Crippen LogP contribution in [0.3, 0.4) is 0 Å². The van der Waals surface area contributed by atoms with Gasteiger partial charge in [0, 0.05) is 11.8 Å². The largest absolute Gasteiger partial charge is 0.486 e. The first-order chi connectivity index (χ1) is 9.61. The van der Waals surface area contributed by atoms with E-state index in [2.05, 4.69) is 5.32 Å². The van der Waals surface area contributed by atoms with Crippen molar-refractivity contribution < 1.29 is 14.3 Å². The van der Waals surface area contributed by atoms with E-state index < -0.39 is 5.92 Å². The van der Waals surface area contributed by atoms with E-state index in [1.165, 1.54) is 0 Å². The SMILES string of the molecule is CCCC(C(=O)Nc1ccc2c(c1)OCCO2)C(N)=S. The van der Waals surface area contributed by atoms with Crippen molar-refractivity contribution >= 4 is 28.8 Å². The monoisotopic (exact) mass is 294 g/mol. The molecule has 6 heteroatoms. The molecule has 1 aromatic carbocycles. The van der Waals surface area contributed by atoms with Gasteiger partial charge in [0.1, 0.15) is 13.2 Å². The molecule has 1 atom stereocenters. The third-order valence-corrected chi connectivity index (χ3v) is 3.33. The number of thiocarbonyl (C=S) groups is 1. The van der Waals surface area contributed by atoms with Crippen molar-refractivity contribution in [1.82, 2.24) is 0 Å². The first-order valence-electron chi connectivity index (χ1n) is 6.61. The molecule has 0 spiro atoms. The number of carbonyl (C=O) groups excluding carboxylic acids is 1. The summed E-state index contributed by atoms with van der Waals surface area (Å²) in [5.74, 6) is 0.698. The minimum absolute atomic E-state index is 0.184. The molecule has 0 radical (unpaired) electrons. The van der Waals surface area contributed by atoms with E-state index in [4.69, 9.17) is 27.4 Å². The van der Waals surface area contributed by atoms with Gasteiger partial charge in [-0.3, -0.25) is 4.79 Å². The molecule has 0 aromatic heterocycles. The lowest BCUT2D eigenvalue weighted by molar-refractivity contribution is -0.118. The third-order valence-electron chi connectivity index (χ3n) is 3.05. The van der Waals surface area contributed by atoms with Crippen LogP contribution in [0.4, 0.5) is 5.69 Å². The van der Waals surface area contributed by atoms with E-state index in [1.807, 2.05) is 6.92 Å². The number of amides is 1. The Balaban J connectivity index is 2.09. The van der Waals surface area contributed by atoms with Gasteiger partial charge in [0.2, 0.25) is 5.91 Å². The maximum absolute atomic E-state index is 12.2. The van der Waals surface area contributed by atoms with Gasteiger partial charge in [0.25, 0.3) is 0 Å². The van der Waals surface area contributed by atoms with Gasteiger partial charge >= 0.3 is 0 Å². The Hall–Kier alpha value is -1.82. The number of hydrogen-bond acceptors (Lipinski definition) is 4. The number of carbonyl (C=O) groups is 1. The molecule has 0 saturated carbocycles. The van der Waals surface area contributed by atoms with Crippen LogP contribution in [0.5, 0.6) is 11.5 Å². The Bertz CT molecular complexity index is 519. The van der Waals surface area contributed by atoms with E-state index >= 15 is 0 Å². The Labute approximate surface area is 123 Å². The highest BCUT2D eigenvalue weighted by atomic mass is 32.1. The number of benzene rings is 1. The van der Waals surface area contributed by atoms with Gasteiger partial charge in [-0.05, 0) is 18.6 Å². The van der Waals surface area contributed by atoms with Crippen LogP contribution in [0.25, 0.3) is 0 Å². The van der Waals surface area contributed by atoms with Gasteiger partial charge in [-0.2, -0.15) is 0 Å². The van der Waals surface area contributed by atoms with Crippen LogP contribution in [0.2, 0.25) is 0 Å². The second-order valence-corrected chi connectivity index (χ2v) is 5.06. The Morgan fingerprint density at radius 1 is 1.40 bits per heavy atom. The van der Waals surface area contributed by atoms with Gasteiger partial charge in [-0.25, -0.2) is 0 Å². The van der Waals surface area contributed by atoms with Crippen molar-refractivity contribution in [2.75, 3.05) is 18.5 Å². The van der Waals surface area contributed by atoms with Crippen molar-refractivity contribution in [3.63, 3.8) is 0 Å². The van der Waals surface area contributed by atoms with Crippen molar-refractivity contribution in [3.05, 3.63) is 18.2 Å². The first-order valence-corrected chi connectivity index (χ1v) is 7.02. The van der Waals surface area contributed by atoms with Crippen molar-refractivity contribution in [2.24, 2.45) is 11.7 Å². The first kappa shape index (κ1) is 14.6. The smallest absolute Gasteiger partial charge is 0.234 e. The normalized spacial score (nSPS) is 14.4. The molecule has 1 aliphatic heterocycles. The fraction of sp³-hybridized carbons (Fsp3) is 0.429. The topological polar surface area (TPSA) is 73.6 Å². The molecule has 0 saturated heterocycles. The highest BCUT2D eigenvalue weighted by Crippen LogP contribution is 2.32. The summed E-state index contributed by atoms with van der Waals surface area (Å²) in [6, 6.07) is 5.29. The maximum atomic E-state index is 12.2. The van der Waals surface area contributed by atoms with Crippen LogP contribution in [-0.4, -0.2) is 24.1 Å². The number of ether oxygens (including phenoxy) is 2. The summed E-state index contributed by atoms with van der Waals surface area (Å²) >= 11 is 4.94. The molecule has 1 aromatic rings. The summed E-state index contributed by atoms with van der Waals surface area (Å²) in [5.41, 5.74) is 6.26. The molecule has 0 fully saturated rings. The van der Waals surface area contributed by atoms with Crippen LogP contribution in [0.1, 0.15) is 19.8 Å². The molecule has 108 valence electrons. The lowest BCUT2D eigenvalue weighted by Gasteiger charge is -2.20. The minimum atomic E-state index is -0.441. The second kappa shape index (κ2) is 6.56. The van der Waals surface area contributed by atoms with Crippen LogP contribution in [0.15, 0.2) is 18.2 Å². The van der Waals surface area contributed by atoms with Crippen molar-refractivity contribution in [3.8, 4) is 11.5 Å². The summed E-state index contributed by atoms with van der Waals surface area (Å²) in [7, 11) is 0. The van der Waals surface area contributed by atoms with Crippen LogP contribution in [0, 0.1) is 5.92 Å². The number of nitrogens with one attached hydrogen (secondary N) is 1. The lowest BCUT2D eigenvalue weighted by Crippen LogP contribution is -2.33. The summed E-state index contributed by atoms with van der Waals surface area (Å²) < 4.78 is 10.9.